The van der Waals surface area contributed by atoms with Gasteiger partial charge in [-0.2, -0.15) is 0 Å². The van der Waals surface area contributed by atoms with Crippen LogP contribution in [0.4, 0.5) is 0 Å². The molecule has 1 unspecified atom stereocenters. The van der Waals surface area contributed by atoms with Gasteiger partial charge in [-0.05, 0) is 32.4 Å². The second kappa shape index (κ2) is 10.8. The quantitative estimate of drug-likeness (QED) is 0.327. The van der Waals surface area contributed by atoms with E-state index in [4.69, 9.17) is 5.73 Å². The SMILES string of the molecule is CCCCNC(N)=NCC1CCCCN1CC.I. The molecule has 0 bridgehead atoms. The van der Waals surface area contributed by atoms with E-state index in [1.54, 1.807) is 0 Å². The summed E-state index contributed by atoms with van der Waals surface area (Å²) in [6.07, 6.45) is 6.27. The second-order valence-electron chi connectivity index (χ2n) is 4.78. The Morgan fingerprint density at radius 1 is 1.39 bits per heavy atom. The molecule has 1 aliphatic rings. The van der Waals surface area contributed by atoms with E-state index in [2.05, 4.69) is 29.1 Å². The smallest absolute Gasteiger partial charge is 0.188 e. The summed E-state index contributed by atoms with van der Waals surface area (Å²) >= 11 is 0. The summed E-state index contributed by atoms with van der Waals surface area (Å²) in [7, 11) is 0. The highest BCUT2D eigenvalue weighted by Gasteiger charge is 2.20. The van der Waals surface area contributed by atoms with Crippen molar-refractivity contribution >= 4 is 29.9 Å². The zero-order valence-corrected chi connectivity index (χ0v) is 14.2. The molecular formula is C13H29IN4. The van der Waals surface area contributed by atoms with Crippen molar-refractivity contribution in [3.05, 3.63) is 0 Å². The minimum atomic E-state index is 0. The molecule has 0 spiro atoms. The van der Waals surface area contributed by atoms with Gasteiger partial charge in [0.1, 0.15) is 0 Å². The first-order valence-corrected chi connectivity index (χ1v) is 7.05. The van der Waals surface area contributed by atoms with Gasteiger partial charge in [0.25, 0.3) is 0 Å². The Morgan fingerprint density at radius 2 is 2.17 bits per heavy atom. The van der Waals surface area contributed by atoms with Crippen LogP contribution in [-0.2, 0) is 0 Å². The minimum Gasteiger partial charge on any atom is -0.370 e. The number of piperidine rings is 1. The third kappa shape index (κ3) is 6.78. The molecule has 1 saturated heterocycles. The molecule has 18 heavy (non-hydrogen) atoms. The molecule has 0 saturated carbocycles. The standard InChI is InChI=1S/C13H28N4.HI/c1-3-5-9-15-13(14)16-11-12-8-6-7-10-17(12)4-2;/h12H,3-11H2,1-2H3,(H3,14,15,16);1H. The van der Waals surface area contributed by atoms with Crippen molar-refractivity contribution in [1.29, 1.82) is 0 Å². The van der Waals surface area contributed by atoms with Gasteiger partial charge in [0.15, 0.2) is 5.96 Å². The predicted octanol–water partition coefficient (Wildman–Crippen LogP) is 2.18. The highest BCUT2D eigenvalue weighted by Crippen LogP contribution is 2.16. The summed E-state index contributed by atoms with van der Waals surface area (Å²) in [5, 5.41) is 3.17. The lowest BCUT2D eigenvalue weighted by Crippen LogP contribution is -2.42. The molecule has 1 rings (SSSR count). The molecule has 1 atom stereocenters. The van der Waals surface area contributed by atoms with E-state index in [1.807, 2.05) is 0 Å². The number of likely N-dealkylation sites (N-methyl/N-ethyl adjacent to an activating group) is 1. The molecule has 1 heterocycles. The fourth-order valence-corrected chi connectivity index (χ4v) is 2.34. The zero-order chi connectivity index (χ0) is 12.5. The summed E-state index contributed by atoms with van der Waals surface area (Å²) < 4.78 is 0. The van der Waals surface area contributed by atoms with Crippen LogP contribution in [0.1, 0.15) is 46.0 Å². The number of nitrogens with zero attached hydrogens (tertiary/aromatic N) is 2. The fourth-order valence-electron chi connectivity index (χ4n) is 2.34. The molecule has 3 N–H and O–H groups in total. The monoisotopic (exact) mass is 368 g/mol. The lowest BCUT2D eigenvalue weighted by atomic mass is 10.0. The van der Waals surface area contributed by atoms with Crippen molar-refractivity contribution < 1.29 is 0 Å². The molecular weight excluding hydrogens is 339 g/mol. The molecule has 1 aliphatic heterocycles. The number of guanidine groups is 1. The molecule has 0 aliphatic carbocycles. The van der Waals surface area contributed by atoms with Gasteiger partial charge >= 0.3 is 0 Å². The Kier molecular flexibility index (Phi) is 10.8. The third-order valence-electron chi connectivity index (χ3n) is 3.46. The number of unbranched alkanes of at least 4 members (excludes halogenated alkanes) is 1. The minimum absolute atomic E-state index is 0. The average molecular weight is 368 g/mol. The Bertz CT molecular complexity index is 233. The van der Waals surface area contributed by atoms with Crippen LogP contribution in [0.2, 0.25) is 0 Å². The maximum atomic E-state index is 5.84. The van der Waals surface area contributed by atoms with Crippen molar-refractivity contribution in [2.45, 2.75) is 52.0 Å². The van der Waals surface area contributed by atoms with Crippen LogP contribution in [0.5, 0.6) is 0 Å². The molecule has 0 aromatic rings. The number of rotatable bonds is 6. The van der Waals surface area contributed by atoms with Crippen LogP contribution in [0.25, 0.3) is 0 Å². The Morgan fingerprint density at radius 3 is 2.83 bits per heavy atom. The van der Waals surface area contributed by atoms with E-state index in [9.17, 15) is 0 Å². The Balaban J connectivity index is 0.00000289. The van der Waals surface area contributed by atoms with Crippen molar-refractivity contribution in [3.63, 3.8) is 0 Å². The Hall–Kier alpha value is -0.0400. The molecule has 0 radical (unpaired) electrons. The largest absolute Gasteiger partial charge is 0.370 e. The molecule has 0 aromatic carbocycles. The zero-order valence-electron chi connectivity index (χ0n) is 11.8. The van der Waals surface area contributed by atoms with E-state index in [-0.39, 0.29) is 24.0 Å². The summed E-state index contributed by atoms with van der Waals surface area (Å²) in [4.78, 5) is 6.98. The highest BCUT2D eigenvalue weighted by molar-refractivity contribution is 14.0. The van der Waals surface area contributed by atoms with E-state index < -0.39 is 0 Å². The molecule has 5 heteroatoms. The van der Waals surface area contributed by atoms with Crippen molar-refractivity contribution in [1.82, 2.24) is 10.2 Å². The van der Waals surface area contributed by atoms with E-state index in [0.29, 0.717) is 12.0 Å². The first kappa shape index (κ1) is 18.0. The van der Waals surface area contributed by atoms with Crippen molar-refractivity contribution in [2.24, 2.45) is 10.7 Å². The van der Waals surface area contributed by atoms with Crippen LogP contribution in [0, 0.1) is 0 Å². The lowest BCUT2D eigenvalue weighted by molar-refractivity contribution is 0.161. The maximum Gasteiger partial charge on any atom is 0.188 e. The molecule has 108 valence electrons. The normalized spacial score (nSPS) is 21.4. The van der Waals surface area contributed by atoms with Crippen LogP contribution >= 0.6 is 24.0 Å². The van der Waals surface area contributed by atoms with Crippen molar-refractivity contribution in [3.8, 4) is 0 Å². The first-order chi connectivity index (χ1) is 8.27. The number of nitrogens with one attached hydrogen (secondary N) is 1. The lowest BCUT2D eigenvalue weighted by Gasteiger charge is -2.33. The van der Waals surface area contributed by atoms with Crippen LogP contribution in [0.15, 0.2) is 4.99 Å². The van der Waals surface area contributed by atoms with Gasteiger partial charge in [-0.3, -0.25) is 9.89 Å². The summed E-state index contributed by atoms with van der Waals surface area (Å²) in [5.41, 5.74) is 5.84. The second-order valence-corrected chi connectivity index (χ2v) is 4.78. The molecule has 4 nitrogen and oxygen atoms in total. The predicted molar refractivity (Wildman–Crippen MR) is 89.7 cm³/mol. The number of nitrogens with two attached hydrogens (primary N) is 1. The van der Waals surface area contributed by atoms with Gasteiger partial charge < -0.3 is 11.1 Å². The van der Waals surface area contributed by atoms with Gasteiger partial charge in [-0.25, -0.2) is 0 Å². The molecule has 1 fully saturated rings. The van der Waals surface area contributed by atoms with E-state index >= 15 is 0 Å². The maximum absolute atomic E-state index is 5.84. The number of hydrogen-bond acceptors (Lipinski definition) is 2. The summed E-state index contributed by atoms with van der Waals surface area (Å²) in [6, 6.07) is 0.597. The van der Waals surface area contributed by atoms with Crippen LogP contribution in [-0.4, -0.2) is 43.1 Å². The van der Waals surface area contributed by atoms with Gasteiger partial charge in [0, 0.05) is 12.6 Å². The van der Waals surface area contributed by atoms with Gasteiger partial charge in [-0.15, -0.1) is 24.0 Å². The third-order valence-corrected chi connectivity index (χ3v) is 3.46. The molecule has 0 amide bonds. The van der Waals surface area contributed by atoms with Gasteiger partial charge in [0.05, 0.1) is 6.54 Å². The topological polar surface area (TPSA) is 53.6 Å². The average Bonchev–Trinajstić information content (AvgIpc) is 2.37. The number of hydrogen-bond donors (Lipinski definition) is 2. The fraction of sp³-hybridized carbons (Fsp3) is 0.923. The van der Waals surface area contributed by atoms with Crippen LogP contribution in [0.3, 0.4) is 0 Å². The number of likely N-dealkylation sites (tertiary alicyclic amines) is 1. The van der Waals surface area contributed by atoms with Crippen molar-refractivity contribution in [2.75, 3.05) is 26.2 Å². The van der Waals surface area contributed by atoms with E-state index in [1.165, 1.54) is 32.2 Å². The first-order valence-electron chi connectivity index (χ1n) is 7.05. The van der Waals surface area contributed by atoms with Crippen LogP contribution < -0.4 is 11.1 Å². The van der Waals surface area contributed by atoms with Gasteiger partial charge in [0.2, 0.25) is 0 Å². The summed E-state index contributed by atoms with van der Waals surface area (Å²) in [6.45, 7) is 8.54. The Labute approximate surface area is 129 Å². The number of halogens is 1. The van der Waals surface area contributed by atoms with Gasteiger partial charge in [-0.1, -0.05) is 26.7 Å². The van der Waals surface area contributed by atoms with E-state index in [0.717, 1.165) is 26.1 Å². The highest BCUT2D eigenvalue weighted by atomic mass is 127. The number of aliphatic imine (C=N–C) groups is 1. The summed E-state index contributed by atoms with van der Waals surface area (Å²) in [5.74, 6) is 0.611. The molecule has 0 aromatic heterocycles.